The van der Waals surface area contributed by atoms with Crippen LogP contribution in [0.3, 0.4) is 0 Å². The van der Waals surface area contributed by atoms with Gasteiger partial charge < -0.3 is 19.5 Å². The molecule has 0 radical (unpaired) electrons. The zero-order chi connectivity index (χ0) is 21.1. The van der Waals surface area contributed by atoms with Crippen molar-refractivity contribution in [2.75, 3.05) is 50.8 Å². The van der Waals surface area contributed by atoms with Crippen molar-refractivity contribution in [3.8, 4) is 0 Å². The number of nitrogens with one attached hydrogen (secondary N) is 1. The Morgan fingerprint density at radius 3 is 2.73 bits per heavy atom. The molecule has 2 aliphatic rings. The van der Waals surface area contributed by atoms with Gasteiger partial charge in [-0.15, -0.1) is 0 Å². The average Bonchev–Trinajstić information content (AvgIpc) is 3.31. The van der Waals surface area contributed by atoms with Gasteiger partial charge in [0.1, 0.15) is 11.5 Å². The van der Waals surface area contributed by atoms with Crippen LogP contribution >= 0.6 is 0 Å². The molecule has 0 unspecified atom stereocenters. The van der Waals surface area contributed by atoms with E-state index < -0.39 is 0 Å². The maximum Gasteiger partial charge on any atom is 0.270 e. The third kappa shape index (κ3) is 4.06. The first-order valence-corrected chi connectivity index (χ1v) is 10.8. The third-order valence-corrected chi connectivity index (χ3v) is 5.91. The molecule has 1 aromatic heterocycles. The van der Waals surface area contributed by atoms with Crippen LogP contribution in [0, 0.1) is 5.82 Å². The van der Waals surface area contributed by atoms with E-state index in [1.807, 2.05) is 11.5 Å². The van der Waals surface area contributed by atoms with Crippen LogP contribution in [0.2, 0.25) is 0 Å². The molecule has 1 N–H and O–H groups in total. The van der Waals surface area contributed by atoms with Crippen molar-refractivity contribution >= 4 is 28.4 Å². The Kier molecular flexibility index (Phi) is 6.34. The number of aromatic nitrogens is 1. The van der Waals surface area contributed by atoms with Crippen molar-refractivity contribution in [1.82, 2.24) is 14.8 Å². The van der Waals surface area contributed by atoms with Gasteiger partial charge in [0.15, 0.2) is 0 Å². The molecule has 0 saturated carbocycles. The number of ether oxygens (including phenoxy) is 1. The highest BCUT2D eigenvalue weighted by Gasteiger charge is 2.31. The molecule has 30 heavy (non-hydrogen) atoms. The Hall–Kier alpha value is -2.45. The number of hydrogen-bond acceptors (Lipinski definition) is 4. The zero-order valence-corrected chi connectivity index (χ0v) is 17.5. The van der Waals surface area contributed by atoms with Crippen LogP contribution < -0.4 is 10.2 Å². The second-order valence-corrected chi connectivity index (χ2v) is 7.82. The Morgan fingerprint density at radius 2 is 2.03 bits per heavy atom. The van der Waals surface area contributed by atoms with Crippen LogP contribution in [0.1, 0.15) is 36.7 Å². The topological polar surface area (TPSA) is 66.8 Å². The van der Waals surface area contributed by atoms with Gasteiger partial charge in [-0.2, -0.15) is 0 Å². The van der Waals surface area contributed by atoms with Gasteiger partial charge in [0.2, 0.25) is 5.91 Å². The van der Waals surface area contributed by atoms with Crippen LogP contribution in [0.5, 0.6) is 0 Å². The number of fused-ring (bicyclic) bond motifs is 1. The van der Waals surface area contributed by atoms with Gasteiger partial charge in [0.25, 0.3) is 5.91 Å². The molecule has 0 atom stereocenters. The number of amides is 2. The quantitative estimate of drug-likeness (QED) is 0.704. The van der Waals surface area contributed by atoms with Crippen molar-refractivity contribution in [3.63, 3.8) is 0 Å². The molecule has 4 rings (SSSR count). The van der Waals surface area contributed by atoms with Crippen LogP contribution in [0.15, 0.2) is 18.2 Å². The minimum atomic E-state index is -0.374. The third-order valence-electron chi connectivity index (χ3n) is 5.91. The minimum Gasteiger partial charge on any atom is -0.379 e. The lowest BCUT2D eigenvalue weighted by atomic mass is 10.2. The van der Waals surface area contributed by atoms with E-state index >= 15 is 0 Å². The Morgan fingerprint density at radius 1 is 1.23 bits per heavy atom. The van der Waals surface area contributed by atoms with Gasteiger partial charge in [-0.3, -0.25) is 14.5 Å². The maximum absolute atomic E-state index is 14.0. The number of rotatable bonds is 7. The molecule has 2 aromatic rings. The molecule has 2 aliphatic heterocycles. The highest BCUT2D eigenvalue weighted by atomic mass is 19.1. The fourth-order valence-electron chi connectivity index (χ4n) is 4.44. The van der Waals surface area contributed by atoms with Gasteiger partial charge in [-0.25, -0.2) is 4.39 Å². The van der Waals surface area contributed by atoms with Gasteiger partial charge >= 0.3 is 0 Å². The molecule has 162 valence electrons. The lowest BCUT2D eigenvalue weighted by Gasteiger charge is -2.26. The number of nitrogens with zero attached hydrogens (tertiary/aromatic N) is 3. The highest BCUT2D eigenvalue weighted by molar-refractivity contribution is 6.14. The lowest BCUT2D eigenvalue weighted by Crippen LogP contribution is -2.38. The minimum absolute atomic E-state index is 0.0178. The second-order valence-electron chi connectivity index (χ2n) is 7.82. The summed E-state index contributed by atoms with van der Waals surface area (Å²) in [6.45, 7) is 7.87. The van der Waals surface area contributed by atoms with Gasteiger partial charge in [0.05, 0.1) is 24.4 Å². The maximum atomic E-state index is 14.0. The van der Waals surface area contributed by atoms with Gasteiger partial charge in [-0.1, -0.05) is 0 Å². The number of benzene rings is 1. The number of carbonyl (C=O) groups excluding carboxylic acids is 2. The smallest absolute Gasteiger partial charge is 0.270 e. The Bertz CT molecular complexity index is 936. The SMILES string of the molecule is CCn1c(C(=O)NCCCN2CCOCC2)c(N2CCCC2=O)c2cc(F)ccc21. The lowest BCUT2D eigenvalue weighted by molar-refractivity contribution is -0.117. The molecule has 0 aliphatic carbocycles. The average molecular weight is 416 g/mol. The van der Waals surface area contributed by atoms with Crippen molar-refractivity contribution in [1.29, 1.82) is 0 Å². The first kappa shape index (κ1) is 20.8. The Balaban J connectivity index is 1.58. The molecule has 7 nitrogen and oxygen atoms in total. The van der Waals surface area contributed by atoms with E-state index in [1.54, 1.807) is 11.0 Å². The molecule has 1 aromatic carbocycles. The van der Waals surface area contributed by atoms with E-state index in [9.17, 15) is 14.0 Å². The van der Waals surface area contributed by atoms with E-state index in [0.29, 0.717) is 42.8 Å². The fourth-order valence-corrected chi connectivity index (χ4v) is 4.44. The zero-order valence-electron chi connectivity index (χ0n) is 17.5. The van der Waals surface area contributed by atoms with E-state index in [1.165, 1.54) is 12.1 Å². The first-order chi connectivity index (χ1) is 14.6. The largest absolute Gasteiger partial charge is 0.379 e. The van der Waals surface area contributed by atoms with Crippen LogP contribution in [0.4, 0.5) is 10.1 Å². The molecular weight excluding hydrogens is 387 g/mol. The number of morpholine rings is 1. The molecule has 2 amide bonds. The highest BCUT2D eigenvalue weighted by Crippen LogP contribution is 2.37. The fraction of sp³-hybridized carbons (Fsp3) is 0.545. The summed E-state index contributed by atoms with van der Waals surface area (Å²) in [5, 5.41) is 3.63. The summed E-state index contributed by atoms with van der Waals surface area (Å²) in [6, 6.07) is 4.51. The summed E-state index contributed by atoms with van der Waals surface area (Å²) in [4.78, 5) is 29.7. The van der Waals surface area contributed by atoms with Gasteiger partial charge in [0, 0.05) is 44.5 Å². The first-order valence-electron chi connectivity index (χ1n) is 10.8. The molecule has 2 saturated heterocycles. The number of halogens is 1. The van der Waals surface area contributed by atoms with Crippen molar-refractivity contribution in [2.24, 2.45) is 0 Å². The van der Waals surface area contributed by atoms with Crippen LogP contribution in [0.25, 0.3) is 10.9 Å². The van der Waals surface area contributed by atoms with Crippen LogP contribution in [-0.2, 0) is 16.1 Å². The van der Waals surface area contributed by atoms with Gasteiger partial charge in [-0.05, 0) is 44.5 Å². The standard InChI is InChI=1S/C22H29FN4O3/c1-2-26-18-7-6-16(23)15-17(18)20(27-10-3-5-19(27)28)21(26)22(29)24-8-4-9-25-11-13-30-14-12-25/h6-7,15H,2-5,8-14H2,1H3,(H,24,29). The van der Waals surface area contributed by atoms with Crippen LogP contribution in [-0.4, -0.2) is 67.2 Å². The summed E-state index contributed by atoms with van der Waals surface area (Å²) in [6.07, 6.45) is 2.03. The predicted octanol–water partition coefficient (Wildman–Crippen LogP) is 2.38. The summed E-state index contributed by atoms with van der Waals surface area (Å²) in [5.41, 5.74) is 1.76. The summed E-state index contributed by atoms with van der Waals surface area (Å²) in [7, 11) is 0. The van der Waals surface area contributed by atoms with Crippen molar-refractivity contribution in [3.05, 3.63) is 29.7 Å². The van der Waals surface area contributed by atoms with E-state index in [-0.39, 0.29) is 17.6 Å². The van der Waals surface area contributed by atoms with Crippen molar-refractivity contribution < 1.29 is 18.7 Å². The van der Waals surface area contributed by atoms with E-state index in [0.717, 1.165) is 51.2 Å². The van der Waals surface area contributed by atoms with E-state index in [4.69, 9.17) is 4.74 Å². The molecule has 0 bridgehead atoms. The number of hydrogen-bond donors (Lipinski definition) is 1. The second kappa shape index (κ2) is 9.14. The molecule has 8 heteroatoms. The predicted molar refractivity (Wildman–Crippen MR) is 113 cm³/mol. The summed E-state index contributed by atoms with van der Waals surface area (Å²) in [5.74, 6) is -0.609. The number of aryl methyl sites for hydroxylation is 1. The summed E-state index contributed by atoms with van der Waals surface area (Å²) >= 11 is 0. The number of carbonyl (C=O) groups is 2. The van der Waals surface area contributed by atoms with E-state index in [2.05, 4.69) is 10.2 Å². The van der Waals surface area contributed by atoms with Crippen molar-refractivity contribution in [2.45, 2.75) is 32.7 Å². The number of anilines is 1. The normalized spacial score (nSPS) is 17.8. The monoisotopic (exact) mass is 416 g/mol. The molecule has 3 heterocycles. The summed E-state index contributed by atoms with van der Waals surface area (Å²) < 4.78 is 21.3. The molecular formula is C22H29FN4O3. The Labute approximate surface area is 175 Å². The molecule has 2 fully saturated rings. The molecule has 0 spiro atoms.